The van der Waals surface area contributed by atoms with Gasteiger partial charge in [-0.2, -0.15) is 0 Å². The fraction of sp³-hybridized carbons (Fsp3) is 0.304. The molecule has 37 heavy (non-hydrogen) atoms. The number of carboxylic acids is 1. The number of aliphatic hydroxyl groups excluding tert-OH is 1. The van der Waals surface area contributed by atoms with Crippen LogP contribution in [0.25, 0.3) is 0 Å². The number of amides is 2. The van der Waals surface area contributed by atoms with Crippen molar-refractivity contribution in [2.24, 2.45) is 4.99 Å². The van der Waals surface area contributed by atoms with E-state index in [1.807, 2.05) is 0 Å². The number of rotatable bonds is 8. The predicted octanol–water partition coefficient (Wildman–Crippen LogP) is 1.65. The molecule has 0 spiro atoms. The lowest BCUT2D eigenvalue weighted by atomic mass is 10.0. The molecule has 1 heterocycles. The molecule has 0 saturated carbocycles. The second-order valence-electron chi connectivity index (χ2n) is 8.32. The summed E-state index contributed by atoms with van der Waals surface area (Å²) in [6.45, 7) is 0.0493. The normalized spacial score (nSPS) is 15.7. The number of aliphatic imine (C=N–C) groups is 1. The Morgan fingerprint density at radius 1 is 1.24 bits per heavy atom. The van der Waals surface area contributed by atoms with Gasteiger partial charge in [0.05, 0.1) is 36.1 Å². The lowest BCUT2D eigenvalue weighted by molar-refractivity contribution is -0.137. The van der Waals surface area contributed by atoms with Gasteiger partial charge in [-0.3, -0.25) is 19.4 Å². The summed E-state index contributed by atoms with van der Waals surface area (Å²) >= 11 is 9.16. The Labute approximate surface area is 225 Å². The Morgan fingerprint density at radius 3 is 2.62 bits per heavy atom. The van der Waals surface area contributed by atoms with Gasteiger partial charge in [0.15, 0.2) is 5.96 Å². The number of anilines is 1. The standard InChI is InChI=1S/C23H25BrClN5O7/c1-30(10-19(33)29-18(7-20(34)35)16-4-12(25)5-17(24)21(16)36)22(37)11-2-13(6-14(31)3-11)28-23-26-8-15(32)9-27-23/h2-6,15,18,31-32,36H,7-10H2,1H3,(H,29,33)(H,34,35)(H2,26,27,28)/t18-/m1/s1. The summed E-state index contributed by atoms with van der Waals surface area (Å²) in [7, 11) is 1.37. The number of phenols is 2. The predicted molar refractivity (Wildman–Crippen MR) is 139 cm³/mol. The maximum Gasteiger partial charge on any atom is 0.305 e. The number of aromatic hydroxyl groups is 2. The summed E-state index contributed by atoms with van der Waals surface area (Å²) in [5.74, 6) is -2.61. The molecule has 0 bridgehead atoms. The van der Waals surface area contributed by atoms with Gasteiger partial charge in [0.1, 0.15) is 11.5 Å². The van der Waals surface area contributed by atoms with E-state index in [9.17, 15) is 34.8 Å². The van der Waals surface area contributed by atoms with E-state index in [0.717, 1.165) is 4.90 Å². The Bertz CT molecular complexity index is 1240. The highest BCUT2D eigenvalue weighted by molar-refractivity contribution is 9.10. The van der Waals surface area contributed by atoms with Crippen LogP contribution in [0.15, 0.2) is 39.8 Å². The van der Waals surface area contributed by atoms with Crippen LogP contribution in [0.4, 0.5) is 5.69 Å². The number of benzene rings is 2. The van der Waals surface area contributed by atoms with Crippen molar-refractivity contribution < 1.29 is 34.8 Å². The third-order valence-corrected chi connectivity index (χ3v) is 6.09. The van der Waals surface area contributed by atoms with E-state index in [1.54, 1.807) is 0 Å². The molecular formula is C23H25BrClN5O7. The quantitative estimate of drug-likeness (QED) is 0.237. The van der Waals surface area contributed by atoms with Crippen molar-refractivity contribution in [3.8, 4) is 11.5 Å². The number of halogens is 2. The number of β-amino-alcohol motifs (C(OH)–C–C–N with tert-alkyl or cyclic N) is 1. The highest BCUT2D eigenvalue weighted by Gasteiger charge is 2.25. The first-order valence-electron chi connectivity index (χ1n) is 10.9. The van der Waals surface area contributed by atoms with E-state index < -0.39 is 42.9 Å². The number of carboxylic acid groups (broad SMARTS) is 1. The van der Waals surface area contributed by atoms with E-state index in [-0.39, 0.29) is 38.7 Å². The largest absolute Gasteiger partial charge is 0.508 e. The molecular weight excluding hydrogens is 574 g/mol. The number of aliphatic carboxylic acids is 1. The lowest BCUT2D eigenvalue weighted by Crippen LogP contribution is -2.42. The minimum atomic E-state index is -1.23. The van der Waals surface area contributed by atoms with Crippen LogP contribution in [-0.4, -0.2) is 81.9 Å². The van der Waals surface area contributed by atoms with E-state index in [1.165, 1.54) is 37.4 Å². The Hall–Kier alpha value is -3.55. The fourth-order valence-corrected chi connectivity index (χ4v) is 4.41. The second kappa shape index (κ2) is 12.1. The van der Waals surface area contributed by atoms with Gasteiger partial charge in [-0.25, -0.2) is 0 Å². The van der Waals surface area contributed by atoms with Crippen molar-refractivity contribution in [3.63, 3.8) is 0 Å². The first-order valence-corrected chi connectivity index (χ1v) is 12.1. The minimum absolute atomic E-state index is 0.0766. The number of phenolic OH excluding ortho intramolecular Hbond substituents is 2. The van der Waals surface area contributed by atoms with Crippen LogP contribution in [0.5, 0.6) is 11.5 Å². The molecule has 14 heteroatoms. The number of aliphatic hydroxyl groups is 1. The minimum Gasteiger partial charge on any atom is -0.508 e. The van der Waals surface area contributed by atoms with Crippen LogP contribution >= 0.6 is 27.5 Å². The molecule has 1 unspecified atom stereocenters. The number of nitrogens with zero attached hydrogens (tertiary/aromatic N) is 2. The van der Waals surface area contributed by atoms with E-state index in [4.69, 9.17) is 11.6 Å². The SMILES string of the molecule is CN(CC(=O)N[C@H](CC(=O)O)c1cc(Cl)cc(Br)c1O)C(=O)c1cc(O)cc(NC2=NCC(O)CN2)c1. The third kappa shape index (κ3) is 7.71. The van der Waals surface area contributed by atoms with Gasteiger partial charge < -0.3 is 41.3 Å². The first-order chi connectivity index (χ1) is 17.4. The molecule has 0 fully saturated rings. The average molecular weight is 599 g/mol. The van der Waals surface area contributed by atoms with Crippen molar-refractivity contribution in [2.45, 2.75) is 18.6 Å². The van der Waals surface area contributed by atoms with Gasteiger partial charge in [-0.1, -0.05) is 11.6 Å². The first kappa shape index (κ1) is 28.0. The van der Waals surface area contributed by atoms with E-state index in [0.29, 0.717) is 18.2 Å². The Balaban J connectivity index is 1.71. The van der Waals surface area contributed by atoms with Crippen LogP contribution < -0.4 is 16.0 Å². The number of carbonyl (C=O) groups excluding carboxylic acids is 2. The van der Waals surface area contributed by atoms with Crippen LogP contribution in [0.1, 0.15) is 28.4 Å². The number of likely N-dealkylation sites (N-methyl/N-ethyl adjacent to an activating group) is 1. The van der Waals surface area contributed by atoms with Crippen molar-refractivity contribution in [1.29, 1.82) is 0 Å². The van der Waals surface area contributed by atoms with Crippen molar-refractivity contribution in [1.82, 2.24) is 15.5 Å². The number of hydrogen-bond acceptors (Lipinski definition) is 9. The monoisotopic (exact) mass is 597 g/mol. The summed E-state index contributed by atoms with van der Waals surface area (Å²) in [6, 6.07) is 5.72. The third-order valence-electron chi connectivity index (χ3n) is 5.27. The summed E-state index contributed by atoms with van der Waals surface area (Å²) in [6.07, 6.45) is -1.15. The zero-order chi connectivity index (χ0) is 27.3. The molecule has 1 aliphatic rings. The molecule has 2 aromatic carbocycles. The van der Waals surface area contributed by atoms with Gasteiger partial charge in [-0.15, -0.1) is 0 Å². The number of nitrogens with one attached hydrogen (secondary N) is 3. The summed E-state index contributed by atoms with van der Waals surface area (Å²) in [5, 5.41) is 47.8. The molecule has 0 saturated heterocycles. The smallest absolute Gasteiger partial charge is 0.305 e. The molecule has 2 atom stereocenters. The molecule has 0 aliphatic carbocycles. The molecule has 2 aromatic rings. The van der Waals surface area contributed by atoms with Crippen molar-refractivity contribution >= 4 is 57.0 Å². The maximum absolute atomic E-state index is 13.0. The molecule has 198 valence electrons. The average Bonchev–Trinajstić information content (AvgIpc) is 2.81. The number of guanidine groups is 1. The summed E-state index contributed by atoms with van der Waals surface area (Å²) in [4.78, 5) is 42.3. The molecule has 7 N–H and O–H groups in total. The van der Waals surface area contributed by atoms with E-state index >= 15 is 0 Å². The van der Waals surface area contributed by atoms with Crippen molar-refractivity contribution in [3.05, 3.63) is 51.0 Å². The van der Waals surface area contributed by atoms with Gasteiger partial charge in [0.2, 0.25) is 5.91 Å². The van der Waals surface area contributed by atoms with E-state index in [2.05, 4.69) is 36.9 Å². The summed E-state index contributed by atoms with van der Waals surface area (Å²) < 4.78 is 0.228. The Morgan fingerprint density at radius 2 is 1.97 bits per heavy atom. The zero-order valence-electron chi connectivity index (χ0n) is 19.5. The number of hydrogen-bond donors (Lipinski definition) is 7. The summed E-state index contributed by atoms with van der Waals surface area (Å²) in [5.41, 5.74) is 0.527. The van der Waals surface area contributed by atoms with Crippen LogP contribution in [-0.2, 0) is 9.59 Å². The van der Waals surface area contributed by atoms with Gasteiger partial charge >= 0.3 is 5.97 Å². The number of carbonyl (C=O) groups is 3. The Kier molecular flexibility index (Phi) is 9.18. The molecule has 12 nitrogen and oxygen atoms in total. The van der Waals surface area contributed by atoms with Gasteiger partial charge in [-0.05, 0) is 40.2 Å². The van der Waals surface area contributed by atoms with Gasteiger partial charge in [0, 0.05) is 41.5 Å². The highest BCUT2D eigenvalue weighted by Crippen LogP contribution is 2.36. The molecule has 0 radical (unpaired) electrons. The topological polar surface area (TPSA) is 184 Å². The molecule has 3 rings (SSSR count). The second-order valence-corrected chi connectivity index (χ2v) is 9.61. The fourth-order valence-electron chi connectivity index (χ4n) is 3.57. The molecule has 1 aliphatic heterocycles. The van der Waals surface area contributed by atoms with Gasteiger partial charge in [0.25, 0.3) is 5.91 Å². The van der Waals surface area contributed by atoms with Crippen LogP contribution in [0, 0.1) is 0 Å². The molecule has 2 amide bonds. The van der Waals surface area contributed by atoms with Crippen LogP contribution in [0.3, 0.4) is 0 Å². The lowest BCUT2D eigenvalue weighted by Gasteiger charge is -2.23. The maximum atomic E-state index is 13.0. The molecule has 0 aromatic heterocycles. The van der Waals surface area contributed by atoms with Crippen LogP contribution in [0.2, 0.25) is 5.02 Å². The zero-order valence-corrected chi connectivity index (χ0v) is 21.9. The highest BCUT2D eigenvalue weighted by atomic mass is 79.9. The van der Waals surface area contributed by atoms with Crippen molar-refractivity contribution in [2.75, 3.05) is 32.0 Å².